The van der Waals surface area contributed by atoms with Gasteiger partial charge in [0.25, 0.3) is 5.91 Å². The zero-order valence-electron chi connectivity index (χ0n) is 13.3. The molecule has 1 N–H and O–H groups in total. The highest BCUT2D eigenvalue weighted by atomic mass is 32.1. The molecule has 0 radical (unpaired) electrons. The Balaban J connectivity index is 1.50. The molecule has 25 heavy (non-hydrogen) atoms. The maximum atomic E-state index is 13.2. The number of aryl methyl sites for hydroxylation is 1. The van der Waals surface area contributed by atoms with Gasteiger partial charge in [-0.1, -0.05) is 12.1 Å². The summed E-state index contributed by atoms with van der Waals surface area (Å²) in [5, 5.41) is 5.77. The molecule has 3 heterocycles. The second-order valence-electron chi connectivity index (χ2n) is 6.41. The van der Waals surface area contributed by atoms with Crippen molar-refractivity contribution >= 4 is 44.8 Å². The molecule has 2 aliphatic rings. The van der Waals surface area contributed by atoms with Gasteiger partial charge in [0.05, 0.1) is 16.8 Å². The number of hydrogen-bond acceptors (Lipinski definition) is 5. The van der Waals surface area contributed by atoms with Crippen LogP contribution in [0.4, 0.5) is 4.79 Å². The van der Waals surface area contributed by atoms with E-state index in [2.05, 4.69) is 10.3 Å². The molecule has 1 fully saturated rings. The van der Waals surface area contributed by atoms with Crippen LogP contribution in [0.25, 0.3) is 10.2 Å². The average molecular weight is 369 g/mol. The summed E-state index contributed by atoms with van der Waals surface area (Å²) in [6, 6.07) is 9.52. The summed E-state index contributed by atoms with van der Waals surface area (Å²) in [4.78, 5) is 32.9. The Kier molecular flexibility index (Phi) is 3.23. The molecule has 2 aromatic heterocycles. The number of amides is 3. The monoisotopic (exact) mass is 369 g/mol. The molecular weight excluding hydrogens is 354 g/mol. The van der Waals surface area contributed by atoms with Crippen LogP contribution in [0.5, 0.6) is 0 Å². The Bertz CT molecular complexity index is 976. The molecule has 1 atom stereocenters. The standard InChI is InChI=1S/C18H15N3O2S2/c22-16-18(8-3-6-13-11(18)7-9-24-13)20-17(23)21(16)10-15-19-12-4-1-2-5-14(12)25-15/h1-2,4-5,7,9H,3,6,8,10H2,(H,20,23)/t18-/m1/s1. The number of urea groups is 1. The molecular formula is C18H15N3O2S2. The molecule has 1 aromatic carbocycles. The third-order valence-corrected chi connectivity index (χ3v) is 6.97. The molecule has 3 amide bonds. The maximum absolute atomic E-state index is 13.2. The van der Waals surface area contributed by atoms with Crippen LogP contribution < -0.4 is 5.32 Å². The SMILES string of the molecule is O=C1N[C@@]2(CCCc3sccc32)C(=O)N1Cc1nc2ccccc2s1. The van der Waals surface area contributed by atoms with Gasteiger partial charge in [-0.05, 0) is 42.8 Å². The number of benzene rings is 1. The highest BCUT2D eigenvalue weighted by Crippen LogP contribution is 2.42. The van der Waals surface area contributed by atoms with Gasteiger partial charge in [-0.25, -0.2) is 9.78 Å². The molecule has 0 saturated carbocycles. The van der Waals surface area contributed by atoms with Crippen molar-refractivity contribution in [1.82, 2.24) is 15.2 Å². The molecule has 7 heteroatoms. The van der Waals surface area contributed by atoms with E-state index in [1.165, 1.54) is 21.1 Å². The molecule has 0 bridgehead atoms. The maximum Gasteiger partial charge on any atom is 0.325 e. The topological polar surface area (TPSA) is 62.3 Å². The van der Waals surface area contributed by atoms with Crippen molar-refractivity contribution < 1.29 is 9.59 Å². The van der Waals surface area contributed by atoms with Crippen LogP contribution in [0.3, 0.4) is 0 Å². The van der Waals surface area contributed by atoms with E-state index in [-0.39, 0.29) is 18.5 Å². The van der Waals surface area contributed by atoms with Crippen molar-refractivity contribution in [2.75, 3.05) is 0 Å². The summed E-state index contributed by atoms with van der Waals surface area (Å²) in [5.74, 6) is -0.142. The molecule has 1 aliphatic heterocycles. The zero-order chi connectivity index (χ0) is 17.0. The fourth-order valence-electron chi connectivity index (χ4n) is 3.81. The van der Waals surface area contributed by atoms with Crippen molar-refractivity contribution in [2.45, 2.75) is 31.3 Å². The lowest BCUT2D eigenvalue weighted by Crippen LogP contribution is -2.45. The summed E-state index contributed by atoms with van der Waals surface area (Å²) in [6.45, 7) is 0.227. The second kappa shape index (κ2) is 5.37. The number of carbonyl (C=O) groups is 2. The number of nitrogens with one attached hydrogen (secondary N) is 1. The number of thiazole rings is 1. The smallest absolute Gasteiger partial charge is 0.319 e. The van der Waals surface area contributed by atoms with Gasteiger partial charge < -0.3 is 5.32 Å². The van der Waals surface area contributed by atoms with Gasteiger partial charge in [-0.2, -0.15) is 0 Å². The Hall–Kier alpha value is -2.25. The fourth-order valence-corrected chi connectivity index (χ4v) is 5.76. The van der Waals surface area contributed by atoms with E-state index >= 15 is 0 Å². The van der Waals surface area contributed by atoms with E-state index in [4.69, 9.17) is 0 Å². The van der Waals surface area contributed by atoms with Crippen LogP contribution >= 0.6 is 22.7 Å². The van der Waals surface area contributed by atoms with Crippen molar-refractivity contribution in [2.24, 2.45) is 0 Å². The van der Waals surface area contributed by atoms with E-state index in [0.717, 1.165) is 33.6 Å². The lowest BCUT2D eigenvalue weighted by atomic mass is 9.80. The molecule has 1 saturated heterocycles. The van der Waals surface area contributed by atoms with Gasteiger partial charge in [0.1, 0.15) is 10.5 Å². The summed E-state index contributed by atoms with van der Waals surface area (Å²) < 4.78 is 1.07. The molecule has 0 unspecified atom stereocenters. The first-order valence-corrected chi connectivity index (χ1v) is 9.92. The largest absolute Gasteiger partial charge is 0.325 e. The number of aromatic nitrogens is 1. The minimum Gasteiger partial charge on any atom is -0.319 e. The third-order valence-electron chi connectivity index (χ3n) is 4.97. The van der Waals surface area contributed by atoms with Gasteiger partial charge in [-0.3, -0.25) is 9.69 Å². The lowest BCUT2D eigenvalue weighted by molar-refractivity contribution is -0.132. The van der Waals surface area contributed by atoms with Crippen molar-refractivity contribution in [3.63, 3.8) is 0 Å². The van der Waals surface area contributed by atoms with Crippen LogP contribution in [0.15, 0.2) is 35.7 Å². The first-order chi connectivity index (χ1) is 12.2. The molecule has 5 nitrogen and oxygen atoms in total. The second-order valence-corrected chi connectivity index (χ2v) is 8.53. The van der Waals surface area contributed by atoms with Crippen molar-refractivity contribution in [1.29, 1.82) is 0 Å². The van der Waals surface area contributed by atoms with Crippen LogP contribution in [-0.4, -0.2) is 21.8 Å². The van der Waals surface area contributed by atoms with Gasteiger partial charge >= 0.3 is 6.03 Å². The number of rotatable bonds is 2. The molecule has 1 aliphatic carbocycles. The lowest BCUT2D eigenvalue weighted by Gasteiger charge is -2.31. The van der Waals surface area contributed by atoms with E-state index in [1.807, 2.05) is 35.7 Å². The average Bonchev–Trinajstić information content (AvgIpc) is 3.29. The van der Waals surface area contributed by atoms with E-state index in [1.54, 1.807) is 11.3 Å². The Labute approximate surface area is 152 Å². The van der Waals surface area contributed by atoms with Gasteiger partial charge in [0, 0.05) is 10.4 Å². The van der Waals surface area contributed by atoms with Gasteiger partial charge in [0.2, 0.25) is 0 Å². The predicted octanol–water partition coefficient (Wildman–Crippen LogP) is 3.64. The quantitative estimate of drug-likeness (QED) is 0.702. The Morgan fingerprint density at radius 2 is 2.12 bits per heavy atom. The number of para-hydroxylation sites is 1. The number of hydrogen-bond donors (Lipinski definition) is 1. The van der Waals surface area contributed by atoms with Gasteiger partial charge in [0.15, 0.2) is 0 Å². The Morgan fingerprint density at radius 1 is 1.24 bits per heavy atom. The van der Waals surface area contributed by atoms with E-state index in [0.29, 0.717) is 6.42 Å². The number of nitrogens with zero attached hydrogens (tertiary/aromatic N) is 2. The van der Waals surface area contributed by atoms with E-state index < -0.39 is 5.54 Å². The molecule has 1 spiro atoms. The fraction of sp³-hybridized carbons (Fsp3) is 0.278. The normalized spacial score (nSPS) is 22.6. The summed E-state index contributed by atoms with van der Waals surface area (Å²) in [7, 11) is 0. The highest BCUT2D eigenvalue weighted by molar-refractivity contribution is 7.18. The minimum atomic E-state index is -0.874. The number of carbonyl (C=O) groups excluding carboxylic acids is 2. The minimum absolute atomic E-state index is 0.142. The summed E-state index contributed by atoms with van der Waals surface area (Å²) in [5.41, 5.74) is 1.01. The first kappa shape index (κ1) is 15.0. The van der Waals surface area contributed by atoms with Gasteiger partial charge in [-0.15, -0.1) is 22.7 Å². The van der Waals surface area contributed by atoms with Crippen LogP contribution in [0.1, 0.15) is 28.3 Å². The number of fused-ring (bicyclic) bond motifs is 3. The predicted molar refractivity (Wildman–Crippen MR) is 97.6 cm³/mol. The van der Waals surface area contributed by atoms with Crippen molar-refractivity contribution in [3.8, 4) is 0 Å². The van der Waals surface area contributed by atoms with E-state index in [9.17, 15) is 9.59 Å². The number of imide groups is 1. The zero-order valence-corrected chi connectivity index (χ0v) is 15.0. The van der Waals surface area contributed by atoms with Crippen molar-refractivity contribution in [3.05, 3.63) is 51.2 Å². The highest BCUT2D eigenvalue weighted by Gasteiger charge is 2.54. The van der Waals surface area contributed by atoms with Crippen LogP contribution in [0, 0.1) is 0 Å². The first-order valence-electron chi connectivity index (χ1n) is 8.23. The third kappa shape index (κ3) is 2.15. The van der Waals surface area contributed by atoms with Crippen LogP contribution in [0.2, 0.25) is 0 Å². The molecule has 5 rings (SSSR count). The summed E-state index contributed by atoms with van der Waals surface area (Å²) >= 11 is 3.19. The summed E-state index contributed by atoms with van der Waals surface area (Å²) in [6.07, 6.45) is 2.56. The number of thiophene rings is 1. The molecule has 3 aromatic rings. The Morgan fingerprint density at radius 3 is 3.00 bits per heavy atom. The van der Waals surface area contributed by atoms with Crippen LogP contribution in [-0.2, 0) is 23.3 Å². The molecule has 126 valence electrons.